The van der Waals surface area contributed by atoms with Crippen LogP contribution in [0.5, 0.6) is 11.5 Å². The highest BCUT2D eigenvalue weighted by atomic mass is 32.2. The zero-order valence-corrected chi connectivity index (χ0v) is 31.7. The summed E-state index contributed by atoms with van der Waals surface area (Å²) in [5, 5.41) is 23.6. The van der Waals surface area contributed by atoms with Crippen LogP contribution in [-0.2, 0) is 30.1 Å². The number of piperidine rings is 1. The second-order valence-electron chi connectivity index (χ2n) is 14.9. The molecule has 3 aliphatic rings. The van der Waals surface area contributed by atoms with Gasteiger partial charge in [-0.05, 0) is 99.9 Å². The second kappa shape index (κ2) is 15.0. The Balaban J connectivity index is 1.02. The molecule has 0 bridgehead atoms. The molecule has 0 amide bonds. The predicted molar refractivity (Wildman–Crippen MR) is 198 cm³/mol. The average molecular weight is 758 g/mol. The molecule has 2 aliphatic heterocycles. The van der Waals surface area contributed by atoms with Crippen LogP contribution in [0.3, 0.4) is 0 Å². The quantitative estimate of drug-likeness (QED) is 0.178. The molecule has 5 N–H and O–H groups in total. The molecule has 6 rings (SSSR count). The number of benzene rings is 3. The van der Waals surface area contributed by atoms with Gasteiger partial charge in [0.05, 0.1) is 35.1 Å². The fourth-order valence-corrected chi connectivity index (χ4v) is 10.5. The minimum atomic E-state index is -3.88. The van der Waals surface area contributed by atoms with Gasteiger partial charge >= 0.3 is 0 Å². The Hall–Kier alpha value is -3.08. The molecule has 1 aliphatic carbocycles. The molecule has 0 aromatic heterocycles. The minimum Gasteiger partial charge on any atom is -0.492 e. The molecule has 2 heterocycles. The molecule has 0 radical (unpaired) electrons. The Morgan fingerprint density at radius 3 is 2.31 bits per heavy atom. The monoisotopic (exact) mass is 757 g/mol. The molecule has 3 aromatic carbocycles. The minimum absolute atomic E-state index is 0.0306. The van der Waals surface area contributed by atoms with Gasteiger partial charge in [-0.25, -0.2) is 16.8 Å². The highest BCUT2D eigenvalue weighted by molar-refractivity contribution is 7.93. The van der Waals surface area contributed by atoms with Gasteiger partial charge in [0.1, 0.15) is 29.1 Å². The van der Waals surface area contributed by atoms with E-state index in [4.69, 9.17) is 19.9 Å². The summed E-state index contributed by atoms with van der Waals surface area (Å²) in [6.07, 6.45) is 1.74. The number of rotatable bonds is 15. The standard InChI is InChI=1S/C38H51N3O9S2/c1-4-48-34-13-10-28(27-8-11-29(12-9-27)36(2,3)39)20-35(34)52(46,47)41-18-16-37(17-19-41)22-30(24-50-37)40-23-31(43)25-49-32-6-5-7-33(21-32)51(44,45)38(26-42)14-15-38/h5-13,20-21,30-31,40,42-43H,4,14-19,22-26,39H2,1-3H3/t30-,31-/m0/s1. The summed E-state index contributed by atoms with van der Waals surface area (Å²) in [7, 11) is -7.56. The van der Waals surface area contributed by atoms with E-state index >= 15 is 0 Å². The number of aliphatic hydroxyl groups is 2. The van der Waals surface area contributed by atoms with Gasteiger partial charge in [0.15, 0.2) is 9.84 Å². The summed E-state index contributed by atoms with van der Waals surface area (Å²) in [4.78, 5) is 0.234. The van der Waals surface area contributed by atoms with E-state index in [0.29, 0.717) is 69.9 Å². The van der Waals surface area contributed by atoms with E-state index in [1.165, 1.54) is 16.4 Å². The highest BCUT2D eigenvalue weighted by Crippen LogP contribution is 2.46. The highest BCUT2D eigenvalue weighted by Gasteiger charge is 2.54. The third-order valence-electron chi connectivity index (χ3n) is 10.5. The Morgan fingerprint density at radius 1 is 0.981 bits per heavy atom. The largest absolute Gasteiger partial charge is 0.492 e. The van der Waals surface area contributed by atoms with Crippen molar-refractivity contribution >= 4 is 19.9 Å². The van der Waals surface area contributed by atoms with Gasteiger partial charge in [0, 0.05) is 31.2 Å². The van der Waals surface area contributed by atoms with Crippen molar-refractivity contribution in [1.82, 2.24) is 9.62 Å². The maximum Gasteiger partial charge on any atom is 0.246 e. The van der Waals surface area contributed by atoms with Gasteiger partial charge in [-0.15, -0.1) is 0 Å². The molecule has 1 spiro atoms. The number of sulfone groups is 1. The van der Waals surface area contributed by atoms with Gasteiger partial charge < -0.3 is 35.5 Å². The molecule has 14 heteroatoms. The van der Waals surface area contributed by atoms with Crippen LogP contribution < -0.4 is 20.5 Å². The molecule has 0 unspecified atom stereocenters. The number of nitrogens with two attached hydrogens (primary N) is 1. The van der Waals surface area contributed by atoms with E-state index in [1.807, 2.05) is 51.1 Å². The number of nitrogens with one attached hydrogen (secondary N) is 1. The lowest BCUT2D eigenvalue weighted by molar-refractivity contribution is -0.0312. The van der Waals surface area contributed by atoms with Gasteiger partial charge in [-0.3, -0.25) is 0 Å². The molecular formula is C38H51N3O9S2. The number of hydrogen-bond donors (Lipinski definition) is 4. The van der Waals surface area contributed by atoms with Crippen LogP contribution in [0.25, 0.3) is 11.1 Å². The summed E-state index contributed by atoms with van der Waals surface area (Å²) in [6, 6.07) is 19.2. The Bertz CT molecular complexity index is 1930. The number of nitrogens with zero attached hydrogens (tertiary/aromatic N) is 1. The van der Waals surface area contributed by atoms with Crippen molar-refractivity contribution in [2.45, 2.75) is 90.7 Å². The van der Waals surface area contributed by atoms with Crippen molar-refractivity contribution in [2.24, 2.45) is 5.73 Å². The molecule has 2 atom stereocenters. The maximum absolute atomic E-state index is 14.1. The number of hydrogen-bond acceptors (Lipinski definition) is 11. The smallest absolute Gasteiger partial charge is 0.246 e. The first-order valence-electron chi connectivity index (χ1n) is 17.9. The van der Waals surface area contributed by atoms with Crippen LogP contribution in [0, 0.1) is 0 Å². The Kier molecular flexibility index (Phi) is 11.1. The van der Waals surface area contributed by atoms with Crippen molar-refractivity contribution in [3.63, 3.8) is 0 Å². The fraction of sp³-hybridized carbons (Fsp3) is 0.526. The van der Waals surface area contributed by atoms with Crippen LogP contribution >= 0.6 is 0 Å². The van der Waals surface area contributed by atoms with Crippen molar-refractivity contribution in [2.75, 3.05) is 46.1 Å². The lowest BCUT2D eigenvalue weighted by atomic mass is 9.88. The first-order valence-corrected chi connectivity index (χ1v) is 20.8. The van der Waals surface area contributed by atoms with Gasteiger partial charge in [0.2, 0.25) is 10.0 Å². The first-order chi connectivity index (χ1) is 24.6. The van der Waals surface area contributed by atoms with Crippen molar-refractivity contribution < 1.29 is 41.3 Å². The molecule has 2 saturated heterocycles. The predicted octanol–water partition coefficient (Wildman–Crippen LogP) is 3.59. The van der Waals surface area contributed by atoms with Crippen molar-refractivity contribution in [3.8, 4) is 22.6 Å². The molecule has 12 nitrogen and oxygen atoms in total. The zero-order valence-electron chi connectivity index (χ0n) is 30.1. The number of sulfonamides is 1. The van der Waals surface area contributed by atoms with E-state index < -0.39 is 48.5 Å². The summed E-state index contributed by atoms with van der Waals surface area (Å²) in [6.45, 7) is 6.85. The average Bonchev–Trinajstić information content (AvgIpc) is 3.86. The van der Waals surface area contributed by atoms with Crippen LogP contribution in [0.1, 0.15) is 58.4 Å². The van der Waals surface area contributed by atoms with Crippen LogP contribution in [-0.4, -0.2) is 99.9 Å². The van der Waals surface area contributed by atoms with E-state index in [1.54, 1.807) is 24.3 Å². The fourth-order valence-electron chi connectivity index (χ4n) is 7.04. The third-order valence-corrected chi connectivity index (χ3v) is 15.0. The van der Waals surface area contributed by atoms with Gasteiger partial charge in [-0.1, -0.05) is 36.4 Å². The normalized spacial score (nSPS) is 20.8. The van der Waals surface area contributed by atoms with E-state index in [0.717, 1.165) is 16.7 Å². The lowest BCUT2D eigenvalue weighted by Crippen LogP contribution is -2.47. The SMILES string of the molecule is CCOc1ccc(-c2ccc(C(C)(C)N)cc2)cc1S(=O)(=O)N1CCC2(CC1)C[C@H](NC[C@H](O)COc1cccc(S(=O)(=O)C3(CO)CC3)c1)CO2. The summed E-state index contributed by atoms with van der Waals surface area (Å²) >= 11 is 0. The molecular weight excluding hydrogens is 707 g/mol. The topological polar surface area (TPSA) is 178 Å². The molecule has 52 heavy (non-hydrogen) atoms. The van der Waals surface area contributed by atoms with Crippen LogP contribution in [0.2, 0.25) is 0 Å². The molecule has 3 aromatic rings. The molecule has 3 fully saturated rings. The Morgan fingerprint density at radius 2 is 1.67 bits per heavy atom. The first kappa shape index (κ1) is 38.6. The van der Waals surface area contributed by atoms with Gasteiger partial charge in [0.25, 0.3) is 0 Å². The summed E-state index contributed by atoms with van der Waals surface area (Å²) in [5.74, 6) is 0.644. The number of aliphatic hydroxyl groups excluding tert-OH is 2. The zero-order chi connectivity index (χ0) is 37.4. The second-order valence-corrected chi connectivity index (χ2v) is 19.1. The van der Waals surface area contributed by atoms with Crippen molar-refractivity contribution in [3.05, 3.63) is 72.3 Å². The van der Waals surface area contributed by atoms with E-state index in [2.05, 4.69) is 5.32 Å². The maximum atomic E-state index is 14.1. The molecule has 284 valence electrons. The number of ether oxygens (including phenoxy) is 3. The van der Waals surface area contributed by atoms with E-state index in [-0.39, 0.29) is 29.0 Å². The Labute approximate surface area is 307 Å². The van der Waals surface area contributed by atoms with Crippen molar-refractivity contribution in [1.29, 1.82) is 0 Å². The molecule has 1 saturated carbocycles. The lowest BCUT2D eigenvalue weighted by Gasteiger charge is -2.38. The van der Waals surface area contributed by atoms with Gasteiger partial charge in [-0.2, -0.15) is 4.31 Å². The summed E-state index contributed by atoms with van der Waals surface area (Å²) < 4.78 is 72.3. The van der Waals surface area contributed by atoms with Crippen LogP contribution in [0.4, 0.5) is 0 Å². The third kappa shape index (κ3) is 8.04. The van der Waals surface area contributed by atoms with E-state index in [9.17, 15) is 27.0 Å². The van der Waals surface area contributed by atoms with Crippen LogP contribution in [0.15, 0.2) is 76.5 Å². The summed E-state index contributed by atoms with van der Waals surface area (Å²) in [5.41, 5.74) is 7.92.